The first-order valence-electron chi connectivity index (χ1n) is 9.07. The van der Waals surface area contributed by atoms with Crippen molar-refractivity contribution in [2.24, 2.45) is 21.7 Å². The Morgan fingerprint density at radius 2 is 1.27 bits per heavy atom. The summed E-state index contributed by atoms with van der Waals surface area (Å²) in [4.78, 5) is 0. The summed E-state index contributed by atoms with van der Waals surface area (Å²) in [6.45, 7) is 9.96. The van der Waals surface area contributed by atoms with E-state index in [1.165, 1.54) is 50.6 Å². The predicted molar refractivity (Wildman–Crippen MR) is 92.6 cm³/mol. The van der Waals surface area contributed by atoms with Crippen LogP contribution in [0, 0.1) is 21.7 Å². The van der Waals surface area contributed by atoms with Gasteiger partial charge in [0.05, 0.1) is 0 Å². The molecule has 5 rings (SSSR count). The second-order valence-electron chi connectivity index (χ2n) is 10.1. The van der Waals surface area contributed by atoms with Crippen LogP contribution in [0.2, 0.25) is 0 Å². The van der Waals surface area contributed by atoms with E-state index in [1.54, 1.807) is 0 Å². The van der Waals surface area contributed by atoms with Crippen LogP contribution in [-0.2, 0) is 6.54 Å². The molecule has 1 aromatic carbocycles. The maximum Gasteiger partial charge on any atom is 0.0205 e. The van der Waals surface area contributed by atoms with Crippen molar-refractivity contribution in [1.82, 2.24) is 5.32 Å². The van der Waals surface area contributed by atoms with Gasteiger partial charge in [-0.2, -0.15) is 0 Å². The zero-order valence-corrected chi connectivity index (χ0v) is 14.5. The third-order valence-electron chi connectivity index (χ3n) is 6.64. The number of nitrogens with one attached hydrogen (secondary N) is 1. The number of hydrogen-bond acceptors (Lipinski definition) is 1. The first-order valence-corrected chi connectivity index (χ1v) is 9.07. The van der Waals surface area contributed by atoms with E-state index < -0.39 is 0 Å². The van der Waals surface area contributed by atoms with Crippen LogP contribution >= 0.6 is 0 Å². The molecule has 0 radical (unpaired) electrons. The lowest BCUT2D eigenvalue weighted by molar-refractivity contribution is -0.181. The highest BCUT2D eigenvalue weighted by Crippen LogP contribution is 2.73. The van der Waals surface area contributed by atoms with Crippen LogP contribution in [-0.4, -0.2) is 6.54 Å². The van der Waals surface area contributed by atoms with Gasteiger partial charge in [0.15, 0.2) is 0 Å². The molecular weight excluding hydrogens is 266 g/mol. The van der Waals surface area contributed by atoms with Crippen molar-refractivity contribution < 1.29 is 0 Å². The molecular formula is C21H31N. The summed E-state index contributed by atoms with van der Waals surface area (Å²) < 4.78 is 0. The van der Waals surface area contributed by atoms with Crippen LogP contribution in [0.5, 0.6) is 0 Å². The first-order chi connectivity index (χ1) is 10.3. The molecule has 0 spiro atoms. The molecule has 22 heavy (non-hydrogen) atoms. The maximum absolute atomic E-state index is 3.81. The second-order valence-corrected chi connectivity index (χ2v) is 10.1. The minimum absolute atomic E-state index is 0.557. The molecule has 4 aliphatic carbocycles. The number of hydrogen-bond donors (Lipinski definition) is 1. The zero-order chi connectivity index (χ0) is 15.5. The Labute approximate surface area is 135 Å². The summed E-state index contributed by atoms with van der Waals surface area (Å²) in [5, 5.41) is 3.81. The van der Waals surface area contributed by atoms with Crippen LogP contribution < -0.4 is 5.32 Å². The number of benzene rings is 1. The molecule has 120 valence electrons. The van der Waals surface area contributed by atoms with Gasteiger partial charge in [0.1, 0.15) is 0 Å². The van der Waals surface area contributed by atoms with Crippen LogP contribution in [0.25, 0.3) is 0 Å². The highest BCUT2D eigenvalue weighted by Gasteiger charge is 2.63. The normalized spacial score (nSPS) is 46.1. The van der Waals surface area contributed by atoms with Crippen LogP contribution in [0.15, 0.2) is 30.3 Å². The van der Waals surface area contributed by atoms with Gasteiger partial charge in [-0.15, -0.1) is 0 Å². The van der Waals surface area contributed by atoms with Crippen LogP contribution in [0.3, 0.4) is 0 Å². The van der Waals surface area contributed by atoms with E-state index >= 15 is 0 Å². The van der Waals surface area contributed by atoms with Crippen LogP contribution in [0.4, 0.5) is 0 Å². The molecule has 4 fully saturated rings. The summed E-state index contributed by atoms with van der Waals surface area (Å²) in [6, 6.07) is 10.9. The third kappa shape index (κ3) is 2.52. The Balaban J connectivity index is 1.49. The fraction of sp³-hybridized carbons (Fsp3) is 0.714. The zero-order valence-electron chi connectivity index (χ0n) is 14.5. The molecule has 0 aromatic heterocycles. The average molecular weight is 297 g/mol. The summed E-state index contributed by atoms with van der Waals surface area (Å²) in [5.74, 6) is 0. The van der Waals surface area contributed by atoms with E-state index in [9.17, 15) is 0 Å². The van der Waals surface area contributed by atoms with E-state index in [0.29, 0.717) is 21.7 Å². The fourth-order valence-electron chi connectivity index (χ4n) is 7.81. The van der Waals surface area contributed by atoms with Gasteiger partial charge in [-0.3, -0.25) is 0 Å². The van der Waals surface area contributed by atoms with Crippen molar-refractivity contribution in [2.45, 2.75) is 65.8 Å². The van der Waals surface area contributed by atoms with Crippen molar-refractivity contribution in [2.75, 3.05) is 6.54 Å². The SMILES string of the molecule is CC12CC3(C)CC(C)(C1)CC(CNCc1ccccc1)(C2)C3. The molecule has 1 nitrogen and oxygen atoms in total. The first kappa shape index (κ1) is 14.8. The van der Waals surface area contributed by atoms with Gasteiger partial charge in [0.2, 0.25) is 0 Å². The molecule has 0 aliphatic heterocycles. The highest BCUT2D eigenvalue weighted by molar-refractivity contribution is 5.16. The van der Waals surface area contributed by atoms with Gasteiger partial charge >= 0.3 is 0 Å². The van der Waals surface area contributed by atoms with Crippen LogP contribution in [0.1, 0.15) is 64.9 Å². The van der Waals surface area contributed by atoms with Gasteiger partial charge in [0.25, 0.3) is 0 Å². The Bertz CT molecular complexity index is 507. The molecule has 4 saturated carbocycles. The van der Waals surface area contributed by atoms with Gasteiger partial charge in [-0.1, -0.05) is 51.1 Å². The minimum atomic E-state index is 0.557. The molecule has 0 saturated heterocycles. The molecule has 4 bridgehead atoms. The Kier molecular flexibility index (Phi) is 3.08. The summed E-state index contributed by atoms with van der Waals surface area (Å²) >= 11 is 0. The average Bonchev–Trinajstić information content (AvgIpc) is 2.33. The summed E-state index contributed by atoms with van der Waals surface area (Å²) in [5.41, 5.74) is 3.78. The van der Waals surface area contributed by atoms with Crippen molar-refractivity contribution >= 4 is 0 Å². The molecule has 0 amide bonds. The Hall–Kier alpha value is -0.820. The lowest BCUT2D eigenvalue weighted by atomic mass is 9.36. The van der Waals surface area contributed by atoms with E-state index in [0.717, 1.165) is 6.54 Å². The monoisotopic (exact) mass is 297 g/mol. The topological polar surface area (TPSA) is 12.0 Å². The van der Waals surface area contributed by atoms with Gasteiger partial charge < -0.3 is 5.32 Å². The quantitative estimate of drug-likeness (QED) is 0.809. The van der Waals surface area contributed by atoms with E-state index in [4.69, 9.17) is 0 Å². The highest BCUT2D eigenvalue weighted by atomic mass is 14.9. The minimum Gasteiger partial charge on any atom is -0.312 e. The maximum atomic E-state index is 3.81. The standard InChI is InChI=1S/C21H31N/c1-18-10-19(2)12-20(3,11-18)15-21(13-18,14-19)16-22-9-17-7-5-4-6-8-17/h4-8,22H,9-16H2,1-3H3. The van der Waals surface area contributed by atoms with Crippen molar-refractivity contribution in [3.05, 3.63) is 35.9 Å². The fourth-order valence-corrected chi connectivity index (χ4v) is 7.81. The largest absolute Gasteiger partial charge is 0.312 e. The Morgan fingerprint density at radius 1 is 0.773 bits per heavy atom. The van der Waals surface area contributed by atoms with Crippen molar-refractivity contribution in [3.8, 4) is 0 Å². The predicted octanol–water partition coefficient (Wildman–Crippen LogP) is 5.16. The van der Waals surface area contributed by atoms with E-state index in [-0.39, 0.29) is 0 Å². The molecule has 1 aromatic rings. The summed E-state index contributed by atoms with van der Waals surface area (Å²) in [7, 11) is 0. The lowest BCUT2D eigenvalue weighted by Crippen LogP contribution is -2.61. The molecule has 4 aliphatic rings. The molecule has 1 heteroatoms. The van der Waals surface area contributed by atoms with Gasteiger partial charge in [-0.25, -0.2) is 0 Å². The van der Waals surface area contributed by atoms with Crippen molar-refractivity contribution in [3.63, 3.8) is 0 Å². The number of rotatable bonds is 4. The van der Waals surface area contributed by atoms with Gasteiger partial charge in [0, 0.05) is 13.1 Å². The van der Waals surface area contributed by atoms with E-state index in [2.05, 4.69) is 56.4 Å². The van der Waals surface area contributed by atoms with Gasteiger partial charge in [-0.05, 0) is 65.7 Å². The summed E-state index contributed by atoms with van der Waals surface area (Å²) in [6.07, 6.45) is 8.76. The molecule has 1 N–H and O–H groups in total. The van der Waals surface area contributed by atoms with Crippen molar-refractivity contribution in [1.29, 1.82) is 0 Å². The second kappa shape index (κ2) is 4.60. The van der Waals surface area contributed by atoms with E-state index in [1.807, 2.05) is 0 Å². The lowest BCUT2D eigenvalue weighted by Gasteiger charge is -2.69. The molecule has 0 atom stereocenters. The third-order valence-corrected chi connectivity index (χ3v) is 6.64. The molecule has 0 heterocycles. The Morgan fingerprint density at radius 3 is 1.77 bits per heavy atom. The smallest absolute Gasteiger partial charge is 0.0205 e. The molecule has 0 unspecified atom stereocenters.